The maximum absolute atomic E-state index is 11.9. The lowest BCUT2D eigenvalue weighted by Gasteiger charge is -2.23. The molecule has 0 fully saturated rings. The summed E-state index contributed by atoms with van der Waals surface area (Å²) >= 11 is 0. The third-order valence-corrected chi connectivity index (χ3v) is 2.99. The molecule has 5 nitrogen and oxygen atoms in total. The van der Waals surface area contributed by atoms with E-state index in [0.717, 1.165) is 11.3 Å². The molecule has 0 aliphatic heterocycles. The van der Waals surface area contributed by atoms with E-state index in [2.05, 4.69) is 5.32 Å². The molecule has 0 aliphatic rings. The van der Waals surface area contributed by atoms with E-state index >= 15 is 0 Å². The highest BCUT2D eigenvalue weighted by Gasteiger charge is 2.28. The van der Waals surface area contributed by atoms with E-state index in [1.54, 1.807) is 20.9 Å². The molecule has 0 heterocycles. The molecule has 1 rings (SSSR count). The van der Waals surface area contributed by atoms with Crippen LogP contribution >= 0.6 is 0 Å². The molecule has 5 heteroatoms. The predicted molar refractivity (Wildman–Crippen MR) is 74.4 cm³/mol. The van der Waals surface area contributed by atoms with Crippen LogP contribution in [-0.4, -0.2) is 30.7 Å². The molecule has 0 radical (unpaired) electrons. The van der Waals surface area contributed by atoms with E-state index in [-0.39, 0.29) is 12.6 Å². The van der Waals surface area contributed by atoms with Crippen molar-refractivity contribution >= 4 is 17.7 Å². The number of carboxylic acid groups (broad SMARTS) is 1. The van der Waals surface area contributed by atoms with E-state index in [1.807, 2.05) is 31.2 Å². The van der Waals surface area contributed by atoms with Gasteiger partial charge in [0.25, 0.3) is 0 Å². The number of amides is 2. The lowest BCUT2D eigenvalue weighted by atomic mass is 9.94. The number of nitrogens with one attached hydrogen (secondary N) is 1. The molecule has 0 atom stereocenters. The number of urea groups is 1. The Balaban J connectivity index is 2.63. The van der Waals surface area contributed by atoms with E-state index < -0.39 is 11.4 Å². The van der Waals surface area contributed by atoms with Crippen LogP contribution in [0.5, 0.6) is 0 Å². The summed E-state index contributed by atoms with van der Waals surface area (Å²) in [6, 6.07) is 7.20. The number of hydrogen-bond acceptors (Lipinski definition) is 2. The summed E-state index contributed by atoms with van der Waals surface area (Å²) in [5, 5.41) is 11.6. The number of benzene rings is 1. The summed E-state index contributed by atoms with van der Waals surface area (Å²) in [7, 11) is 1.65. The molecule has 1 aromatic rings. The van der Waals surface area contributed by atoms with Gasteiger partial charge in [0.05, 0.1) is 5.41 Å². The molecule has 2 amide bonds. The van der Waals surface area contributed by atoms with Crippen molar-refractivity contribution in [3.8, 4) is 0 Å². The third-order valence-electron chi connectivity index (χ3n) is 2.99. The van der Waals surface area contributed by atoms with E-state index in [4.69, 9.17) is 5.11 Å². The molecule has 0 unspecified atom stereocenters. The molecule has 104 valence electrons. The molecule has 0 saturated carbocycles. The Morgan fingerprint density at radius 2 is 1.79 bits per heavy atom. The summed E-state index contributed by atoms with van der Waals surface area (Å²) in [5.41, 5.74) is 0.893. The monoisotopic (exact) mass is 264 g/mol. The first-order chi connectivity index (χ1) is 8.74. The molecule has 0 aromatic heterocycles. The van der Waals surface area contributed by atoms with Gasteiger partial charge in [0, 0.05) is 19.3 Å². The lowest BCUT2D eigenvalue weighted by Crippen LogP contribution is -2.44. The van der Waals surface area contributed by atoms with Gasteiger partial charge in [0.1, 0.15) is 0 Å². The second kappa shape index (κ2) is 5.73. The van der Waals surface area contributed by atoms with Crippen LogP contribution in [-0.2, 0) is 4.79 Å². The minimum absolute atomic E-state index is 0.0807. The highest BCUT2D eigenvalue weighted by Crippen LogP contribution is 2.15. The smallest absolute Gasteiger partial charge is 0.321 e. The maximum atomic E-state index is 11.9. The van der Waals surface area contributed by atoms with Crippen LogP contribution in [0.3, 0.4) is 0 Å². The number of aryl methyl sites for hydroxylation is 1. The maximum Gasteiger partial charge on any atom is 0.321 e. The average Bonchev–Trinajstić information content (AvgIpc) is 2.36. The standard InChI is InChI=1S/C14H20N2O3/c1-10-5-7-11(8-6-10)16(4)13(19)15-9-14(2,3)12(17)18/h5-8H,9H2,1-4H3,(H,15,19)(H,17,18). The number of anilines is 1. The normalized spacial score (nSPS) is 10.9. The van der Waals surface area contributed by atoms with Crippen molar-refractivity contribution in [3.63, 3.8) is 0 Å². The van der Waals surface area contributed by atoms with Crippen molar-refractivity contribution < 1.29 is 14.7 Å². The van der Waals surface area contributed by atoms with Gasteiger partial charge in [-0.25, -0.2) is 4.79 Å². The summed E-state index contributed by atoms with van der Waals surface area (Å²) in [6.45, 7) is 5.19. The van der Waals surface area contributed by atoms with Crippen molar-refractivity contribution in [3.05, 3.63) is 29.8 Å². The quantitative estimate of drug-likeness (QED) is 0.876. The van der Waals surface area contributed by atoms with Gasteiger partial charge >= 0.3 is 12.0 Å². The summed E-state index contributed by atoms with van der Waals surface area (Å²) < 4.78 is 0. The molecule has 0 bridgehead atoms. The Labute approximate surface area is 113 Å². The van der Waals surface area contributed by atoms with Crippen LogP contribution in [0.2, 0.25) is 0 Å². The second-order valence-electron chi connectivity index (χ2n) is 5.24. The molecule has 0 saturated heterocycles. The van der Waals surface area contributed by atoms with E-state index in [9.17, 15) is 9.59 Å². The van der Waals surface area contributed by atoms with Gasteiger partial charge in [0.15, 0.2) is 0 Å². The fourth-order valence-electron chi connectivity index (χ4n) is 1.38. The number of hydrogen-bond donors (Lipinski definition) is 2. The first-order valence-corrected chi connectivity index (χ1v) is 6.05. The zero-order chi connectivity index (χ0) is 14.6. The van der Waals surface area contributed by atoms with Crippen LogP contribution in [0, 0.1) is 12.3 Å². The summed E-state index contributed by atoms with van der Waals surface area (Å²) in [5.74, 6) is -0.939. The minimum Gasteiger partial charge on any atom is -0.481 e. The van der Waals surface area contributed by atoms with Gasteiger partial charge in [-0.2, -0.15) is 0 Å². The molecule has 0 spiro atoms. The Morgan fingerprint density at radius 1 is 1.26 bits per heavy atom. The topological polar surface area (TPSA) is 69.6 Å². The Hall–Kier alpha value is -2.04. The van der Waals surface area contributed by atoms with Gasteiger partial charge in [-0.1, -0.05) is 17.7 Å². The van der Waals surface area contributed by atoms with Crippen LogP contribution in [0.25, 0.3) is 0 Å². The predicted octanol–water partition coefficient (Wildman–Crippen LogP) is 2.25. The number of carboxylic acids is 1. The number of carbonyl (C=O) groups is 2. The molecular formula is C14H20N2O3. The Morgan fingerprint density at radius 3 is 2.26 bits per heavy atom. The number of nitrogens with zero attached hydrogens (tertiary/aromatic N) is 1. The molecule has 2 N–H and O–H groups in total. The van der Waals surface area contributed by atoms with Gasteiger partial charge < -0.3 is 10.4 Å². The van der Waals surface area contributed by atoms with Crippen molar-refractivity contribution in [2.24, 2.45) is 5.41 Å². The number of aliphatic carboxylic acids is 1. The van der Waals surface area contributed by atoms with Gasteiger partial charge in [-0.15, -0.1) is 0 Å². The van der Waals surface area contributed by atoms with Crippen LogP contribution in [0.4, 0.5) is 10.5 Å². The van der Waals surface area contributed by atoms with Gasteiger partial charge in [-0.3, -0.25) is 9.69 Å². The van der Waals surface area contributed by atoms with Gasteiger partial charge in [0.2, 0.25) is 0 Å². The SMILES string of the molecule is Cc1ccc(N(C)C(=O)NCC(C)(C)C(=O)O)cc1. The highest BCUT2D eigenvalue weighted by atomic mass is 16.4. The zero-order valence-electron chi connectivity index (χ0n) is 11.7. The van der Waals surface area contributed by atoms with E-state index in [0.29, 0.717) is 0 Å². The minimum atomic E-state index is -0.982. The molecular weight excluding hydrogens is 244 g/mol. The van der Waals surface area contributed by atoms with Crippen LogP contribution in [0.15, 0.2) is 24.3 Å². The molecule has 19 heavy (non-hydrogen) atoms. The van der Waals surface area contributed by atoms with Crippen LogP contribution < -0.4 is 10.2 Å². The zero-order valence-corrected chi connectivity index (χ0v) is 11.7. The molecule has 1 aromatic carbocycles. The number of rotatable bonds is 4. The Kier molecular flexibility index (Phi) is 4.53. The highest BCUT2D eigenvalue weighted by molar-refractivity contribution is 5.91. The lowest BCUT2D eigenvalue weighted by molar-refractivity contribution is -0.146. The van der Waals surface area contributed by atoms with Crippen molar-refractivity contribution in [2.75, 3.05) is 18.5 Å². The fourth-order valence-corrected chi connectivity index (χ4v) is 1.38. The van der Waals surface area contributed by atoms with Crippen molar-refractivity contribution in [2.45, 2.75) is 20.8 Å². The Bertz CT molecular complexity index is 466. The first-order valence-electron chi connectivity index (χ1n) is 6.05. The molecule has 0 aliphatic carbocycles. The summed E-state index contributed by atoms with van der Waals surface area (Å²) in [4.78, 5) is 24.3. The summed E-state index contributed by atoms with van der Waals surface area (Å²) in [6.07, 6.45) is 0. The van der Waals surface area contributed by atoms with Gasteiger partial charge in [-0.05, 0) is 32.9 Å². The first kappa shape index (κ1) is 15.0. The second-order valence-corrected chi connectivity index (χ2v) is 5.24. The van der Waals surface area contributed by atoms with Crippen molar-refractivity contribution in [1.82, 2.24) is 5.32 Å². The third kappa shape index (κ3) is 3.98. The fraction of sp³-hybridized carbons (Fsp3) is 0.429. The number of carbonyl (C=O) groups excluding carboxylic acids is 1. The average molecular weight is 264 g/mol. The largest absolute Gasteiger partial charge is 0.481 e. The van der Waals surface area contributed by atoms with Crippen molar-refractivity contribution in [1.29, 1.82) is 0 Å². The van der Waals surface area contributed by atoms with Crippen LogP contribution in [0.1, 0.15) is 19.4 Å². The van der Waals surface area contributed by atoms with E-state index in [1.165, 1.54) is 4.90 Å².